The van der Waals surface area contributed by atoms with Gasteiger partial charge in [0.15, 0.2) is 0 Å². The zero-order valence-corrected chi connectivity index (χ0v) is 16.8. The first kappa shape index (κ1) is 19.2. The van der Waals surface area contributed by atoms with Crippen LogP contribution in [0.25, 0.3) is 0 Å². The minimum Gasteiger partial charge on any atom is -0.340 e. The number of benzene rings is 1. The lowest BCUT2D eigenvalue weighted by Crippen LogP contribution is -2.36. The molecule has 2 heterocycles. The zero-order valence-electron chi connectivity index (χ0n) is 16.8. The van der Waals surface area contributed by atoms with Crippen LogP contribution >= 0.6 is 0 Å². The molecule has 5 heteroatoms. The summed E-state index contributed by atoms with van der Waals surface area (Å²) in [4.78, 5) is 14.9. The number of rotatable bonds is 8. The van der Waals surface area contributed by atoms with Crippen molar-refractivity contribution in [3.63, 3.8) is 0 Å². The van der Waals surface area contributed by atoms with Gasteiger partial charge in [0.2, 0.25) is 5.91 Å². The van der Waals surface area contributed by atoms with Crippen LogP contribution in [0.4, 0.5) is 0 Å². The highest BCUT2D eigenvalue weighted by molar-refractivity contribution is 5.76. The molecule has 0 spiro atoms. The lowest BCUT2D eigenvalue weighted by molar-refractivity contribution is -0.132. The molecule has 0 N–H and O–H groups in total. The maximum atomic E-state index is 12.8. The van der Waals surface area contributed by atoms with Crippen molar-refractivity contribution in [2.75, 3.05) is 6.54 Å². The van der Waals surface area contributed by atoms with Gasteiger partial charge in [-0.2, -0.15) is 0 Å². The Bertz CT molecular complexity index is 751. The van der Waals surface area contributed by atoms with Crippen LogP contribution in [-0.2, 0) is 17.8 Å². The van der Waals surface area contributed by atoms with Crippen molar-refractivity contribution in [2.45, 2.75) is 76.8 Å². The normalized spacial score (nSPS) is 20.1. The van der Waals surface area contributed by atoms with Crippen LogP contribution in [0.2, 0.25) is 0 Å². The first-order valence-corrected chi connectivity index (χ1v) is 11.0. The van der Waals surface area contributed by atoms with Gasteiger partial charge in [-0.15, -0.1) is 10.2 Å². The number of carbonyl (C=O) groups is 1. The van der Waals surface area contributed by atoms with Crippen LogP contribution in [0.5, 0.6) is 0 Å². The third-order valence-electron chi connectivity index (χ3n) is 6.53. The molecule has 1 aromatic carbocycles. The van der Waals surface area contributed by atoms with E-state index in [4.69, 9.17) is 0 Å². The summed E-state index contributed by atoms with van der Waals surface area (Å²) in [5.74, 6) is 2.19. The van der Waals surface area contributed by atoms with E-state index in [2.05, 4.69) is 43.9 Å². The maximum absolute atomic E-state index is 12.8. The fraction of sp³-hybridized carbons (Fsp3) is 0.609. The first-order valence-electron chi connectivity index (χ1n) is 11.0. The monoisotopic (exact) mass is 380 g/mol. The summed E-state index contributed by atoms with van der Waals surface area (Å²) in [6.07, 6.45) is 13.1. The third-order valence-corrected chi connectivity index (χ3v) is 6.53. The highest BCUT2D eigenvalue weighted by Gasteiger charge is 2.29. The Balaban J connectivity index is 1.29. The van der Waals surface area contributed by atoms with Crippen LogP contribution in [0, 0.1) is 5.92 Å². The quantitative estimate of drug-likeness (QED) is 0.689. The van der Waals surface area contributed by atoms with E-state index in [9.17, 15) is 4.79 Å². The largest absolute Gasteiger partial charge is 0.340 e. The SMILES string of the molecule is O=C(CCC1CCCC1)N1CCCC1CCc1nncn1Cc1ccccc1. The summed E-state index contributed by atoms with van der Waals surface area (Å²) < 4.78 is 2.14. The molecule has 1 atom stereocenters. The summed E-state index contributed by atoms with van der Waals surface area (Å²) >= 11 is 0. The van der Waals surface area contributed by atoms with Crippen LogP contribution in [0.3, 0.4) is 0 Å². The van der Waals surface area contributed by atoms with Gasteiger partial charge < -0.3 is 9.47 Å². The van der Waals surface area contributed by atoms with E-state index in [1.165, 1.54) is 31.2 Å². The lowest BCUT2D eigenvalue weighted by Gasteiger charge is -2.25. The van der Waals surface area contributed by atoms with E-state index in [-0.39, 0.29) is 0 Å². The van der Waals surface area contributed by atoms with Crippen LogP contribution in [0.15, 0.2) is 36.7 Å². The minimum atomic E-state index is 0.373. The Hall–Kier alpha value is -2.17. The molecule has 28 heavy (non-hydrogen) atoms. The zero-order chi connectivity index (χ0) is 19.2. The molecule has 1 aliphatic carbocycles. The number of aromatic nitrogens is 3. The number of carbonyl (C=O) groups excluding carboxylic acids is 1. The van der Waals surface area contributed by atoms with Crippen LogP contribution < -0.4 is 0 Å². The third kappa shape index (κ3) is 4.81. The summed E-state index contributed by atoms with van der Waals surface area (Å²) in [6.45, 7) is 1.74. The fourth-order valence-corrected chi connectivity index (χ4v) is 4.91. The Labute approximate surface area is 168 Å². The Kier molecular flexibility index (Phi) is 6.40. The standard InChI is InChI=1S/C23H32N4O/c28-23(15-12-19-7-4-5-8-19)27-16-6-11-21(27)13-14-22-25-24-18-26(22)17-20-9-2-1-3-10-20/h1-3,9-10,18-19,21H,4-8,11-17H2. The van der Waals surface area contributed by atoms with Crippen LogP contribution in [0.1, 0.15) is 69.2 Å². The Morgan fingerprint density at radius 1 is 1.04 bits per heavy atom. The van der Waals surface area contributed by atoms with Gasteiger partial charge in [-0.05, 0) is 37.2 Å². The second-order valence-electron chi connectivity index (χ2n) is 8.47. The summed E-state index contributed by atoms with van der Waals surface area (Å²) in [5, 5.41) is 8.46. The predicted octanol–water partition coefficient (Wildman–Crippen LogP) is 4.22. The van der Waals surface area contributed by atoms with Gasteiger partial charge in [0.1, 0.15) is 12.2 Å². The number of hydrogen-bond donors (Lipinski definition) is 0. The molecule has 4 rings (SSSR count). The van der Waals surface area contributed by atoms with Crippen LogP contribution in [-0.4, -0.2) is 38.2 Å². The molecular weight excluding hydrogens is 348 g/mol. The van der Waals surface area contributed by atoms with Gasteiger partial charge in [-0.25, -0.2) is 0 Å². The van der Waals surface area contributed by atoms with Gasteiger partial charge >= 0.3 is 0 Å². The number of hydrogen-bond acceptors (Lipinski definition) is 3. The van der Waals surface area contributed by atoms with Crippen molar-refractivity contribution in [3.05, 3.63) is 48.0 Å². The van der Waals surface area contributed by atoms with E-state index in [0.717, 1.165) is 63.4 Å². The average molecular weight is 381 g/mol. The van der Waals surface area contributed by atoms with E-state index in [1.54, 1.807) is 0 Å². The number of likely N-dealkylation sites (tertiary alicyclic amines) is 1. The molecule has 1 unspecified atom stereocenters. The predicted molar refractivity (Wildman–Crippen MR) is 110 cm³/mol. The number of amides is 1. The van der Waals surface area contributed by atoms with Gasteiger partial charge in [0.05, 0.1) is 6.54 Å². The van der Waals surface area contributed by atoms with Gasteiger partial charge in [-0.3, -0.25) is 4.79 Å². The molecule has 2 aromatic rings. The highest BCUT2D eigenvalue weighted by atomic mass is 16.2. The minimum absolute atomic E-state index is 0.373. The van der Waals surface area contributed by atoms with E-state index in [0.29, 0.717) is 11.9 Å². The van der Waals surface area contributed by atoms with Crippen molar-refractivity contribution < 1.29 is 4.79 Å². The van der Waals surface area contributed by atoms with Crippen molar-refractivity contribution in [2.24, 2.45) is 5.92 Å². The topological polar surface area (TPSA) is 51.0 Å². The maximum Gasteiger partial charge on any atom is 0.222 e. The molecule has 1 saturated carbocycles. The average Bonchev–Trinajstić information content (AvgIpc) is 3.47. The summed E-state index contributed by atoms with van der Waals surface area (Å²) in [6, 6.07) is 10.8. The van der Waals surface area contributed by atoms with Crippen molar-refractivity contribution >= 4 is 5.91 Å². The molecule has 150 valence electrons. The van der Waals surface area contributed by atoms with Crippen molar-refractivity contribution in [3.8, 4) is 0 Å². The second kappa shape index (κ2) is 9.35. The molecule has 2 fully saturated rings. The highest BCUT2D eigenvalue weighted by Crippen LogP contribution is 2.30. The first-order chi connectivity index (χ1) is 13.8. The molecule has 1 amide bonds. The number of nitrogens with zero attached hydrogens (tertiary/aromatic N) is 4. The van der Waals surface area contributed by atoms with E-state index >= 15 is 0 Å². The van der Waals surface area contributed by atoms with Gasteiger partial charge in [0.25, 0.3) is 0 Å². The number of aryl methyl sites for hydroxylation is 1. The van der Waals surface area contributed by atoms with E-state index in [1.807, 2.05) is 12.4 Å². The smallest absolute Gasteiger partial charge is 0.222 e. The molecule has 1 aromatic heterocycles. The Morgan fingerprint density at radius 3 is 2.68 bits per heavy atom. The fourth-order valence-electron chi connectivity index (χ4n) is 4.91. The Morgan fingerprint density at radius 2 is 1.86 bits per heavy atom. The van der Waals surface area contributed by atoms with E-state index < -0.39 is 0 Å². The molecule has 0 radical (unpaired) electrons. The molecule has 1 aliphatic heterocycles. The molecular formula is C23H32N4O. The molecule has 0 bridgehead atoms. The van der Waals surface area contributed by atoms with Crippen molar-refractivity contribution in [1.82, 2.24) is 19.7 Å². The lowest BCUT2D eigenvalue weighted by atomic mass is 10.0. The van der Waals surface area contributed by atoms with Gasteiger partial charge in [0, 0.05) is 25.4 Å². The summed E-state index contributed by atoms with van der Waals surface area (Å²) in [7, 11) is 0. The summed E-state index contributed by atoms with van der Waals surface area (Å²) in [5.41, 5.74) is 1.26. The molecule has 5 nitrogen and oxygen atoms in total. The second-order valence-corrected chi connectivity index (χ2v) is 8.47. The van der Waals surface area contributed by atoms with Crippen molar-refractivity contribution in [1.29, 1.82) is 0 Å². The van der Waals surface area contributed by atoms with Gasteiger partial charge in [-0.1, -0.05) is 56.0 Å². The molecule has 2 aliphatic rings. The molecule has 1 saturated heterocycles.